The number of nitrogen functional groups attached to an aromatic ring is 1. The number of carbonyl (C=O) groups is 1. The number of anilines is 1. The minimum Gasteiger partial charge on any atom is -0.491 e. The Labute approximate surface area is 150 Å². The first kappa shape index (κ1) is 15.4. The number of thiophene rings is 1. The number of halogens is 2. The first-order valence-electron chi connectivity index (χ1n) is 6.96. The number of hydrogen-bond donors (Lipinski definition) is 2. The number of benzene rings is 1. The predicted molar refractivity (Wildman–Crippen MR) is 95.0 cm³/mol. The Bertz CT molecular complexity index is 1020. The van der Waals surface area contributed by atoms with E-state index in [0.717, 1.165) is 16.9 Å². The van der Waals surface area contributed by atoms with E-state index in [1.54, 1.807) is 12.1 Å². The van der Waals surface area contributed by atoms with Gasteiger partial charge in [-0.15, -0.1) is 11.3 Å². The van der Waals surface area contributed by atoms with Crippen molar-refractivity contribution in [3.63, 3.8) is 0 Å². The molecular formula is C15H10Cl2N4O2S. The van der Waals surface area contributed by atoms with E-state index in [0.29, 0.717) is 55.2 Å². The van der Waals surface area contributed by atoms with Crippen molar-refractivity contribution >= 4 is 56.6 Å². The standard InChI is InChI=1S/C15H10Cl2N4O2S/c16-7-4-8(17)12-5(1-2-23-12)10(7)11-6-3-9(13(18)22)24-14(6)21-15(19)20-11/h3-4H,1-2H2,(H2,18,22)(H2,19,20,21). The third-order valence-corrected chi connectivity index (χ3v) is 5.40. The fraction of sp³-hybridized carbons (Fsp3) is 0.133. The summed E-state index contributed by atoms with van der Waals surface area (Å²) in [5, 5.41) is 1.56. The molecule has 4 rings (SSSR count). The Kier molecular flexibility index (Phi) is 3.52. The molecule has 1 amide bonds. The normalized spacial score (nSPS) is 13.1. The highest BCUT2D eigenvalue weighted by Crippen LogP contribution is 2.46. The zero-order valence-electron chi connectivity index (χ0n) is 12.1. The second-order valence-electron chi connectivity index (χ2n) is 5.25. The van der Waals surface area contributed by atoms with Crippen LogP contribution in [0.5, 0.6) is 5.75 Å². The molecule has 0 aliphatic carbocycles. The third kappa shape index (κ3) is 2.28. The molecule has 1 aliphatic heterocycles. The highest BCUT2D eigenvalue weighted by atomic mass is 35.5. The number of fused-ring (bicyclic) bond motifs is 2. The summed E-state index contributed by atoms with van der Waals surface area (Å²) in [5.41, 5.74) is 13.3. The lowest BCUT2D eigenvalue weighted by atomic mass is 10.00. The molecule has 1 aromatic carbocycles. The number of primary amides is 1. The SMILES string of the molecule is NC(=O)c1cc2c(-c3c(Cl)cc(Cl)c4c3CCO4)nc(N)nc2s1. The zero-order valence-corrected chi connectivity index (χ0v) is 14.4. The molecule has 0 unspecified atom stereocenters. The van der Waals surface area contributed by atoms with Gasteiger partial charge in [0.2, 0.25) is 5.95 Å². The molecule has 4 N–H and O–H groups in total. The van der Waals surface area contributed by atoms with Gasteiger partial charge in [-0.1, -0.05) is 23.2 Å². The van der Waals surface area contributed by atoms with Crippen LogP contribution in [-0.4, -0.2) is 22.5 Å². The molecule has 0 bridgehead atoms. The second-order valence-corrected chi connectivity index (χ2v) is 7.09. The summed E-state index contributed by atoms with van der Waals surface area (Å²) >= 11 is 13.8. The molecule has 0 saturated heterocycles. The first-order chi connectivity index (χ1) is 11.5. The lowest BCUT2D eigenvalue weighted by Gasteiger charge is -2.12. The van der Waals surface area contributed by atoms with Crippen LogP contribution in [0.25, 0.3) is 21.5 Å². The number of hydrogen-bond acceptors (Lipinski definition) is 6. The van der Waals surface area contributed by atoms with Gasteiger partial charge < -0.3 is 16.2 Å². The molecule has 0 fully saturated rings. The zero-order chi connectivity index (χ0) is 17.0. The van der Waals surface area contributed by atoms with Crippen molar-refractivity contribution in [2.24, 2.45) is 5.73 Å². The smallest absolute Gasteiger partial charge is 0.258 e. The topological polar surface area (TPSA) is 104 Å². The highest BCUT2D eigenvalue weighted by molar-refractivity contribution is 7.20. The molecule has 3 aromatic rings. The van der Waals surface area contributed by atoms with E-state index in [-0.39, 0.29) is 5.95 Å². The Hall–Kier alpha value is -2.09. The van der Waals surface area contributed by atoms with E-state index in [2.05, 4.69) is 9.97 Å². The van der Waals surface area contributed by atoms with Crippen LogP contribution in [0.2, 0.25) is 10.0 Å². The van der Waals surface area contributed by atoms with Crippen LogP contribution < -0.4 is 16.2 Å². The number of nitrogens with zero attached hydrogens (tertiary/aromatic N) is 2. The fourth-order valence-corrected chi connectivity index (χ4v) is 4.34. The van der Waals surface area contributed by atoms with E-state index in [1.165, 1.54) is 0 Å². The minimum atomic E-state index is -0.529. The molecule has 0 saturated carbocycles. The molecule has 0 atom stereocenters. The Morgan fingerprint density at radius 3 is 2.79 bits per heavy atom. The van der Waals surface area contributed by atoms with Crippen molar-refractivity contribution < 1.29 is 9.53 Å². The van der Waals surface area contributed by atoms with Crippen molar-refractivity contribution in [3.05, 3.63) is 32.6 Å². The third-order valence-electron chi connectivity index (χ3n) is 3.77. The van der Waals surface area contributed by atoms with E-state index < -0.39 is 5.91 Å². The van der Waals surface area contributed by atoms with E-state index in [4.69, 9.17) is 39.4 Å². The molecule has 2 aromatic heterocycles. The summed E-state index contributed by atoms with van der Waals surface area (Å²) in [5.74, 6) is 0.166. The van der Waals surface area contributed by atoms with Gasteiger partial charge in [0.25, 0.3) is 5.91 Å². The van der Waals surface area contributed by atoms with Crippen molar-refractivity contribution in [1.29, 1.82) is 0 Å². The summed E-state index contributed by atoms with van der Waals surface area (Å²) in [4.78, 5) is 21.0. The van der Waals surface area contributed by atoms with Crippen LogP contribution >= 0.6 is 34.5 Å². The number of rotatable bonds is 2. The Balaban J connectivity index is 2.08. The highest BCUT2D eigenvalue weighted by Gasteiger charge is 2.26. The predicted octanol–water partition coefficient (Wildman–Crippen LogP) is 3.28. The molecule has 0 spiro atoms. The molecule has 0 radical (unpaired) electrons. The minimum absolute atomic E-state index is 0.0917. The van der Waals surface area contributed by atoms with Gasteiger partial charge in [0.05, 0.1) is 27.2 Å². The van der Waals surface area contributed by atoms with Crippen LogP contribution in [-0.2, 0) is 6.42 Å². The number of aromatic nitrogens is 2. The van der Waals surface area contributed by atoms with Gasteiger partial charge >= 0.3 is 0 Å². The first-order valence-corrected chi connectivity index (χ1v) is 8.54. The van der Waals surface area contributed by atoms with E-state index >= 15 is 0 Å². The number of carbonyl (C=O) groups excluding carboxylic acids is 1. The van der Waals surface area contributed by atoms with Crippen LogP contribution in [0, 0.1) is 0 Å². The summed E-state index contributed by atoms with van der Waals surface area (Å²) in [6.07, 6.45) is 0.656. The molecule has 9 heteroatoms. The molecule has 6 nitrogen and oxygen atoms in total. The van der Waals surface area contributed by atoms with E-state index in [1.807, 2.05) is 0 Å². The van der Waals surface area contributed by atoms with Gasteiger partial charge in [-0.25, -0.2) is 9.97 Å². The number of amides is 1. The summed E-state index contributed by atoms with van der Waals surface area (Å²) in [6, 6.07) is 3.28. The maximum Gasteiger partial charge on any atom is 0.258 e. The van der Waals surface area contributed by atoms with Crippen molar-refractivity contribution in [2.45, 2.75) is 6.42 Å². The van der Waals surface area contributed by atoms with Crippen LogP contribution in [0.15, 0.2) is 12.1 Å². The molecule has 24 heavy (non-hydrogen) atoms. The van der Waals surface area contributed by atoms with E-state index in [9.17, 15) is 4.79 Å². The number of nitrogens with two attached hydrogens (primary N) is 2. The molecular weight excluding hydrogens is 371 g/mol. The quantitative estimate of drug-likeness (QED) is 0.709. The van der Waals surface area contributed by atoms with Gasteiger partial charge in [0.1, 0.15) is 10.6 Å². The average molecular weight is 381 g/mol. The maximum atomic E-state index is 11.5. The van der Waals surface area contributed by atoms with Crippen molar-refractivity contribution in [1.82, 2.24) is 9.97 Å². The van der Waals surface area contributed by atoms with Crippen molar-refractivity contribution in [2.75, 3.05) is 12.3 Å². The Morgan fingerprint density at radius 1 is 1.25 bits per heavy atom. The average Bonchev–Trinajstić information content (AvgIpc) is 3.13. The van der Waals surface area contributed by atoms with Gasteiger partial charge in [-0.05, 0) is 12.1 Å². The van der Waals surface area contributed by atoms with Crippen LogP contribution in [0.4, 0.5) is 5.95 Å². The van der Waals surface area contributed by atoms with Gasteiger partial charge in [0, 0.05) is 22.9 Å². The lowest BCUT2D eigenvalue weighted by Crippen LogP contribution is -2.08. The maximum absolute atomic E-state index is 11.5. The second kappa shape index (κ2) is 5.47. The molecule has 3 heterocycles. The lowest BCUT2D eigenvalue weighted by molar-refractivity contribution is 0.100. The summed E-state index contributed by atoms with van der Waals surface area (Å²) in [7, 11) is 0. The fourth-order valence-electron chi connectivity index (χ4n) is 2.81. The molecule has 1 aliphatic rings. The number of ether oxygens (including phenoxy) is 1. The van der Waals surface area contributed by atoms with Gasteiger partial charge in [0.15, 0.2) is 0 Å². The summed E-state index contributed by atoms with van der Waals surface area (Å²) < 4.78 is 5.60. The largest absolute Gasteiger partial charge is 0.491 e. The Morgan fingerprint density at radius 2 is 2.04 bits per heavy atom. The monoisotopic (exact) mass is 380 g/mol. The molecule has 122 valence electrons. The van der Waals surface area contributed by atoms with Crippen LogP contribution in [0.1, 0.15) is 15.2 Å². The summed E-state index contributed by atoms with van der Waals surface area (Å²) in [6.45, 7) is 0.516. The van der Waals surface area contributed by atoms with Crippen LogP contribution in [0.3, 0.4) is 0 Å². The van der Waals surface area contributed by atoms with Gasteiger partial charge in [-0.3, -0.25) is 4.79 Å². The van der Waals surface area contributed by atoms with Gasteiger partial charge in [-0.2, -0.15) is 0 Å². The van der Waals surface area contributed by atoms with Crippen molar-refractivity contribution in [3.8, 4) is 17.0 Å².